The van der Waals surface area contributed by atoms with Gasteiger partial charge in [0.15, 0.2) is 22.3 Å². The lowest BCUT2D eigenvalue weighted by molar-refractivity contribution is 0.619. The zero-order valence-electron chi connectivity index (χ0n) is 65.7. The van der Waals surface area contributed by atoms with E-state index in [1.807, 2.05) is 121 Å². The van der Waals surface area contributed by atoms with E-state index in [0.29, 0.717) is 23.6 Å². The molecule has 25 rings (SSSR count). The average Bonchev–Trinajstić information content (AvgIpc) is 1.57. The lowest BCUT2D eigenvalue weighted by Crippen LogP contribution is -1.95. The molecule has 580 valence electrons. The topological polar surface area (TPSA) is 131 Å². The van der Waals surface area contributed by atoms with Crippen molar-refractivity contribution in [3.8, 4) is 85.1 Å². The normalized spacial score (nSPS) is 11.6. The summed E-state index contributed by atoms with van der Waals surface area (Å²) in [5.41, 5.74) is 27.6. The van der Waals surface area contributed by atoms with E-state index in [-0.39, 0.29) is 8.85 Å². The molecule has 25 aromatic rings. The highest BCUT2D eigenvalue weighted by Crippen LogP contribution is 2.43. The first kappa shape index (κ1) is 72.5. The van der Waals surface area contributed by atoms with E-state index in [9.17, 15) is 0 Å². The number of aromatic nitrogens is 7. The molecule has 0 unspecified atom stereocenters. The lowest BCUT2D eigenvalue weighted by atomic mass is 10.0. The molecule has 0 amide bonds. The van der Waals surface area contributed by atoms with Crippen LogP contribution < -0.4 is 5.32 Å². The Labute approximate surface area is 709 Å². The molecule has 12 nitrogen and oxygen atoms in total. The Morgan fingerprint density at radius 1 is 0.238 bits per heavy atom. The van der Waals surface area contributed by atoms with Crippen LogP contribution in [0.5, 0.6) is 0 Å². The van der Waals surface area contributed by atoms with Gasteiger partial charge in [0, 0.05) is 99.7 Å². The second-order valence-corrected chi connectivity index (χ2v) is 31.2. The molecular formula is C109H72BrN8O4-. The molecule has 18 aromatic carbocycles. The number of fused-ring (bicyclic) bond motifs is 16. The number of hydrogen-bond donors (Lipinski definition) is 1. The summed E-state index contributed by atoms with van der Waals surface area (Å²) in [6.07, 6.45) is 0. The summed E-state index contributed by atoms with van der Waals surface area (Å²) in [6, 6.07) is 139. The van der Waals surface area contributed by atoms with Crippen LogP contribution >= 0.6 is 15.9 Å². The van der Waals surface area contributed by atoms with Crippen LogP contribution in [0.4, 0.5) is 11.4 Å². The number of benzene rings is 18. The third kappa shape index (κ3) is 13.0. The van der Waals surface area contributed by atoms with Gasteiger partial charge in [-0.05, 0) is 227 Å². The van der Waals surface area contributed by atoms with Gasteiger partial charge in [-0.25, -0.2) is 19.9 Å². The largest absolute Gasteiger partial charge is 0.436 e. The van der Waals surface area contributed by atoms with Gasteiger partial charge >= 0.3 is 0 Å². The highest BCUT2D eigenvalue weighted by Gasteiger charge is 2.22. The summed E-state index contributed by atoms with van der Waals surface area (Å²) >= 11 is 3.52. The Bertz CT molecular complexity index is 8190. The van der Waals surface area contributed by atoms with Gasteiger partial charge in [-0.15, -0.1) is 0 Å². The Hall–Kier alpha value is -16.0. The van der Waals surface area contributed by atoms with Crippen molar-refractivity contribution in [1.29, 1.82) is 0 Å². The first-order chi connectivity index (χ1) is 59.8. The zero-order chi connectivity index (χ0) is 80.0. The average molecular weight is 1640 g/mol. The van der Waals surface area contributed by atoms with E-state index in [1.54, 1.807) is 0 Å². The molecule has 0 fully saturated rings. The zero-order valence-corrected chi connectivity index (χ0v) is 67.3. The molecule has 7 heterocycles. The van der Waals surface area contributed by atoms with E-state index in [4.69, 9.17) is 32.6 Å². The Kier molecular flexibility index (Phi) is 17.9. The molecule has 0 saturated carbocycles. The molecular weight excluding hydrogens is 1570 g/mol. The number of nitrogens with zero attached hydrogens (tertiary/aromatic N) is 7. The highest BCUT2D eigenvalue weighted by atomic mass is 79.9. The van der Waals surface area contributed by atoms with Gasteiger partial charge in [-0.2, -0.15) is 0 Å². The molecule has 13 heteroatoms. The monoisotopic (exact) mass is 1640 g/mol. The molecule has 0 radical (unpaired) electrons. The van der Waals surface area contributed by atoms with Crippen LogP contribution in [0.1, 0.15) is 1.43 Å². The van der Waals surface area contributed by atoms with Crippen molar-refractivity contribution in [2.75, 3.05) is 5.32 Å². The minimum atomic E-state index is 0. The minimum absolute atomic E-state index is 0. The van der Waals surface area contributed by atoms with E-state index >= 15 is 0 Å². The van der Waals surface area contributed by atoms with Gasteiger partial charge in [0.25, 0.3) is 0 Å². The number of hydrogen-bond acceptors (Lipinski definition) is 9. The molecule has 122 heavy (non-hydrogen) atoms. The van der Waals surface area contributed by atoms with Crippen molar-refractivity contribution < 1.29 is 19.1 Å². The minimum Gasteiger partial charge on any atom is -0.436 e. The summed E-state index contributed by atoms with van der Waals surface area (Å²) in [6.45, 7) is 0. The maximum atomic E-state index is 6.20. The Balaban J connectivity index is 0.000000125. The van der Waals surface area contributed by atoms with Crippen molar-refractivity contribution in [3.05, 3.63) is 412 Å². The number of halogens is 1. The number of para-hydroxylation sites is 10. The van der Waals surface area contributed by atoms with Crippen LogP contribution in [0, 0.1) is 7.43 Å². The van der Waals surface area contributed by atoms with Crippen LogP contribution in [0.25, 0.3) is 216 Å². The predicted molar refractivity (Wildman–Crippen MR) is 506 cm³/mol. The van der Waals surface area contributed by atoms with Crippen molar-refractivity contribution in [2.45, 2.75) is 0 Å². The van der Waals surface area contributed by atoms with Crippen LogP contribution in [-0.4, -0.2) is 33.6 Å². The SMILES string of the molecule is Brc1ccc(-c2ccc(-n3c4ccccc4c4cc(-c5nc6ccccc6o5)ccc43)cc2)cc1.[2HH].[CH3-].c1ccc2c(Nc3ccc(-c4nc5ccccc5o4)cc3)cccc2c1.c1ccc2c(c1)ccc1c3cc(-c4nc5ccccc5o4)ccc3n(-c3ccc(-c4ccc(-n5c6ccccc6c6cc(-c7nc8ccccc8o7)ccc65)cc4)cc3)c21. The molecule has 0 atom stereocenters. The van der Waals surface area contributed by atoms with Gasteiger partial charge in [-0.1, -0.05) is 222 Å². The third-order valence-electron chi connectivity index (χ3n) is 23.0. The molecule has 0 aliphatic carbocycles. The lowest BCUT2D eigenvalue weighted by Gasteiger charge is -2.12. The van der Waals surface area contributed by atoms with Gasteiger partial charge in [-0.3, -0.25) is 0 Å². The fourth-order valence-corrected chi connectivity index (χ4v) is 17.4. The van der Waals surface area contributed by atoms with Crippen LogP contribution in [0.2, 0.25) is 0 Å². The predicted octanol–water partition coefficient (Wildman–Crippen LogP) is 30.4. The number of rotatable bonds is 11. The van der Waals surface area contributed by atoms with Gasteiger partial charge in [0.2, 0.25) is 23.6 Å². The van der Waals surface area contributed by atoms with Crippen molar-refractivity contribution in [2.24, 2.45) is 0 Å². The smallest absolute Gasteiger partial charge is 0.227 e. The molecule has 0 aliphatic heterocycles. The van der Waals surface area contributed by atoms with Crippen LogP contribution in [0.15, 0.2) is 423 Å². The second kappa shape index (κ2) is 30.2. The Morgan fingerprint density at radius 2 is 0.557 bits per heavy atom. The number of oxazole rings is 4. The quantitative estimate of drug-likeness (QED) is 0.126. The van der Waals surface area contributed by atoms with E-state index in [2.05, 4.69) is 319 Å². The van der Waals surface area contributed by atoms with Gasteiger partial charge in [0.1, 0.15) is 22.1 Å². The fourth-order valence-electron chi connectivity index (χ4n) is 17.2. The van der Waals surface area contributed by atoms with Crippen molar-refractivity contribution in [1.82, 2.24) is 33.6 Å². The van der Waals surface area contributed by atoms with Gasteiger partial charge < -0.3 is 44.1 Å². The van der Waals surface area contributed by atoms with E-state index < -0.39 is 0 Å². The van der Waals surface area contributed by atoms with Crippen LogP contribution in [0.3, 0.4) is 0 Å². The first-order valence-corrected chi connectivity index (χ1v) is 41.0. The van der Waals surface area contributed by atoms with Crippen molar-refractivity contribution in [3.63, 3.8) is 0 Å². The third-order valence-corrected chi connectivity index (χ3v) is 23.5. The van der Waals surface area contributed by atoms with E-state index in [0.717, 1.165) is 144 Å². The summed E-state index contributed by atoms with van der Waals surface area (Å²) in [4.78, 5) is 18.8. The first-order valence-electron chi connectivity index (χ1n) is 40.2. The molecule has 0 spiro atoms. The standard InChI is InChI=1S/C54H32N4O2.C31H19BrN2O.C23H16N2O.CH3.H2/c1-2-10-40-35(9-1)21-28-42-44-32-37(54-56-46-13-5-8-16-51(46)60-54)23-30-49(44)58(52(40)42)39-26-19-34(20-27-39)33-17-24-38(25-18-33)57-47-14-6-3-11-41(47)43-31-36(22-29-48(43)57)53-55-45-12-4-7-15-50(45)59-53;32-23-14-9-20(10-15-23)21-11-16-24(17-12-21)34-28-7-3-1-5-25(28)26-19-22(13-18-29(26)34)31-33-27-6-2-4-8-30(27)35-31;1-2-8-19-16(6-1)7-5-10-20(19)24-18-14-12-17(13-15-18)23-25-21-9-3-4-11-22(21)26-23;;/h1-32H;1-19H;1-15,24H;1H3;1H/q;;;-1;/i;;;;1+1. The van der Waals surface area contributed by atoms with Gasteiger partial charge in [0.05, 0.1) is 33.1 Å². The van der Waals surface area contributed by atoms with Crippen molar-refractivity contribution >= 4 is 159 Å². The fraction of sp³-hybridized carbons (Fsp3) is 0. The Morgan fingerprint density at radius 3 is 1.00 bits per heavy atom. The highest BCUT2D eigenvalue weighted by molar-refractivity contribution is 9.10. The van der Waals surface area contributed by atoms with E-state index in [1.165, 1.54) is 65.3 Å². The molecule has 7 aromatic heterocycles. The molecule has 1 N–H and O–H groups in total. The summed E-state index contributed by atoms with van der Waals surface area (Å²) < 4.78 is 32.4. The summed E-state index contributed by atoms with van der Waals surface area (Å²) in [7, 11) is 0. The maximum Gasteiger partial charge on any atom is 0.227 e. The number of anilines is 2. The molecule has 0 saturated heterocycles. The maximum absolute atomic E-state index is 6.20. The van der Waals surface area contributed by atoms with Crippen LogP contribution in [-0.2, 0) is 0 Å². The second-order valence-electron chi connectivity index (χ2n) is 30.2. The molecule has 0 bridgehead atoms. The number of nitrogens with one attached hydrogen (secondary N) is 1. The molecule has 0 aliphatic rings. The summed E-state index contributed by atoms with van der Waals surface area (Å²) in [5, 5.41) is 15.4. The summed E-state index contributed by atoms with van der Waals surface area (Å²) in [5.74, 6) is 2.54.